The minimum absolute atomic E-state index is 0.0456. The molecular weight excluding hydrogens is 405 g/mol. The molecule has 0 unspecified atom stereocenters. The van der Waals surface area contributed by atoms with Crippen molar-refractivity contribution >= 4 is 22.5 Å². The maximum Gasteiger partial charge on any atom is 0.418 e. The molecule has 0 aliphatic rings. The first-order valence-electron chi connectivity index (χ1n) is 9.15. The minimum Gasteiger partial charge on any atom is -0.496 e. The number of hydrogen-bond donors (Lipinski definition) is 2. The van der Waals surface area contributed by atoms with E-state index in [4.69, 9.17) is 26.8 Å². The second-order valence-electron chi connectivity index (χ2n) is 6.60. The molecule has 4 nitrogen and oxygen atoms in total. The lowest BCUT2D eigenvalue weighted by molar-refractivity contribution is -0.136. The molecule has 29 heavy (non-hydrogen) atoms. The van der Waals surface area contributed by atoms with Gasteiger partial charge in [-0.25, -0.2) is 0 Å². The first-order valence-corrected chi connectivity index (χ1v) is 9.53. The summed E-state index contributed by atoms with van der Waals surface area (Å²) in [5.41, 5.74) is 6.55. The van der Waals surface area contributed by atoms with E-state index in [2.05, 4.69) is 4.98 Å². The molecule has 0 amide bonds. The SMILES string of the molecule is COc1cccc(OC)c1-c1[nH]c2c(C(F)(F)F)ccc(Cl)c2c1CCCCN. The normalized spacial score (nSPS) is 11.8. The van der Waals surface area contributed by atoms with Gasteiger partial charge in [0.05, 0.1) is 41.6 Å². The third kappa shape index (κ3) is 4.02. The Kier molecular flexibility index (Phi) is 6.29. The molecule has 8 heteroatoms. The highest BCUT2D eigenvalue weighted by molar-refractivity contribution is 6.36. The molecule has 0 radical (unpaired) electrons. The van der Waals surface area contributed by atoms with E-state index >= 15 is 0 Å². The molecular formula is C21H22ClF3N2O2. The average molecular weight is 427 g/mol. The molecule has 1 heterocycles. The number of aromatic nitrogens is 1. The molecule has 0 aliphatic carbocycles. The van der Waals surface area contributed by atoms with Crippen LogP contribution in [0.1, 0.15) is 24.0 Å². The maximum absolute atomic E-state index is 13.7. The highest BCUT2D eigenvalue weighted by atomic mass is 35.5. The molecule has 3 aromatic rings. The van der Waals surface area contributed by atoms with Gasteiger partial charge in [-0.05, 0) is 55.6 Å². The van der Waals surface area contributed by atoms with Crippen LogP contribution in [0.25, 0.3) is 22.2 Å². The number of aromatic amines is 1. The van der Waals surface area contributed by atoms with Crippen LogP contribution in [0.5, 0.6) is 11.5 Å². The number of H-pyrrole nitrogens is 1. The van der Waals surface area contributed by atoms with Crippen LogP contribution in [0.2, 0.25) is 5.02 Å². The zero-order valence-corrected chi connectivity index (χ0v) is 16.9. The summed E-state index contributed by atoms with van der Waals surface area (Å²) in [4.78, 5) is 2.98. The first-order chi connectivity index (χ1) is 13.8. The summed E-state index contributed by atoms with van der Waals surface area (Å²) in [5, 5.41) is 0.619. The number of alkyl halides is 3. The van der Waals surface area contributed by atoms with Gasteiger partial charge in [-0.1, -0.05) is 17.7 Å². The summed E-state index contributed by atoms with van der Waals surface area (Å²) in [6.45, 7) is 0.497. The van der Waals surface area contributed by atoms with Crippen LogP contribution < -0.4 is 15.2 Å². The Bertz CT molecular complexity index is 993. The van der Waals surface area contributed by atoms with Gasteiger partial charge in [0, 0.05) is 5.39 Å². The van der Waals surface area contributed by atoms with Gasteiger partial charge in [0.25, 0.3) is 0 Å². The van der Waals surface area contributed by atoms with Crippen LogP contribution >= 0.6 is 11.6 Å². The second kappa shape index (κ2) is 8.55. The van der Waals surface area contributed by atoms with Crippen molar-refractivity contribution in [2.24, 2.45) is 5.73 Å². The zero-order valence-electron chi connectivity index (χ0n) is 16.1. The fourth-order valence-corrected chi connectivity index (χ4v) is 3.84. The smallest absolute Gasteiger partial charge is 0.418 e. The summed E-state index contributed by atoms with van der Waals surface area (Å²) in [7, 11) is 3.01. The van der Waals surface area contributed by atoms with E-state index in [0.717, 1.165) is 12.5 Å². The number of fused-ring (bicyclic) bond motifs is 1. The number of methoxy groups -OCH3 is 2. The molecule has 3 N–H and O–H groups in total. The number of ether oxygens (including phenoxy) is 2. The predicted octanol–water partition coefficient (Wildman–Crippen LogP) is 5.81. The fraction of sp³-hybridized carbons (Fsp3) is 0.333. The van der Waals surface area contributed by atoms with E-state index in [1.54, 1.807) is 18.2 Å². The van der Waals surface area contributed by atoms with Crippen LogP contribution in [0.3, 0.4) is 0 Å². The molecule has 2 aromatic carbocycles. The van der Waals surface area contributed by atoms with Crippen molar-refractivity contribution in [1.82, 2.24) is 4.98 Å². The van der Waals surface area contributed by atoms with Gasteiger partial charge in [0.1, 0.15) is 11.5 Å². The van der Waals surface area contributed by atoms with Crippen LogP contribution in [-0.4, -0.2) is 25.7 Å². The molecule has 3 rings (SSSR count). The quantitative estimate of drug-likeness (QED) is 0.469. The molecule has 156 valence electrons. The van der Waals surface area contributed by atoms with Crippen LogP contribution in [-0.2, 0) is 12.6 Å². The van der Waals surface area contributed by atoms with Crippen molar-refractivity contribution in [3.63, 3.8) is 0 Å². The van der Waals surface area contributed by atoms with Gasteiger partial charge in [-0.2, -0.15) is 13.2 Å². The van der Waals surface area contributed by atoms with Crippen molar-refractivity contribution in [1.29, 1.82) is 0 Å². The highest BCUT2D eigenvalue weighted by Crippen LogP contribution is 2.46. The lowest BCUT2D eigenvalue weighted by Gasteiger charge is -2.14. The third-order valence-corrected chi connectivity index (χ3v) is 5.19. The van der Waals surface area contributed by atoms with Crippen LogP contribution in [0.15, 0.2) is 30.3 Å². The summed E-state index contributed by atoms with van der Waals surface area (Å²) < 4.78 is 51.9. The fourth-order valence-electron chi connectivity index (χ4n) is 3.57. The molecule has 0 saturated carbocycles. The largest absolute Gasteiger partial charge is 0.496 e. The van der Waals surface area contributed by atoms with Gasteiger partial charge in [0.2, 0.25) is 0 Å². The van der Waals surface area contributed by atoms with E-state index in [9.17, 15) is 13.2 Å². The Morgan fingerprint density at radius 1 is 1.03 bits per heavy atom. The summed E-state index contributed by atoms with van der Waals surface area (Å²) in [6.07, 6.45) is -2.56. The number of halogens is 4. The number of nitrogens with two attached hydrogens (primary N) is 1. The van der Waals surface area contributed by atoms with Gasteiger partial charge in [0.15, 0.2) is 0 Å². The van der Waals surface area contributed by atoms with E-state index < -0.39 is 11.7 Å². The topological polar surface area (TPSA) is 60.3 Å². The number of hydrogen-bond acceptors (Lipinski definition) is 3. The Morgan fingerprint density at radius 2 is 1.69 bits per heavy atom. The lowest BCUT2D eigenvalue weighted by atomic mass is 9.98. The molecule has 0 atom stereocenters. The number of benzene rings is 2. The Hall–Kier alpha value is -2.38. The Balaban J connectivity index is 2.38. The monoisotopic (exact) mass is 426 g/mol. The Labute approximate surface area is 171 Å². The zero-order chi connectivity index (χ0) is 21.2. The summed E-state index contributed by atoms with van der Waals surface area (Å²) >= 11 is 6.37. The maximum atomic E-state index is 13.7. The second-order valence-corrected chi connectivity index (χ2v) is 7.01. The van der Waals surface area contributed by atoms with E-state index in [-0.39, 0.29) is 10.5 Å². The molecule has 0 saturated heterocycles. The van der Waals surface area contributed by atoms with Gasteiger partial charge >= 0.3 is 6.18 Å². The average Bonchev–Trinajstić information content (AvgIpc) is 3.06. The van der Waals surface area contributed by atoms with Crippen molar-refractivity contribution in [2.75, 3.05) is 20.8 Å². The Morgan fingerprint density at radius 3 is 2.24 bits per heavy atom. The van der Waals surface area contributed by atoms with Crippen molar-refractivity contribution in [2.45, 2.75) is 25.4 Å². The van der Waals surface area contributed by atoms with E-state index in [0.29, 0.717) is 53.1 Å². The van der Waals surface area contributed by atoms with Crippen LogP contribution in [0, 0.1) is 0 Å². The van der Waals surface area contributed by atoms with Crippen molar-refractivity contribution in [3.05, 3.63) is 46.5 Å². The summed E-state index contributed by atoms with van der Waals surface area (Å²) in [5.74, 6) is 0.973. The van der Waals surface area contributed by atoms with Crippen molar-refractivity contribution < 1.29 is 22.6 Å². The van der Waals surface area contributed by atoms with Gasteiger partial charge in [-0.15, -0.1) is 0 Å². The molecule has 0 fully saturated rings. The van der Waals surface area contributed by atoms with Crippen LogP contribution in [0.4, 0.5) is 13.2 Å². The first kappa shape index (κ1) is 21.3. The molecule has 0 aliphatic heterocycles. The minimum atomic E-state index is -4.52. The van der Waals surface area contributed by atoms with Crippen molar-refractivity contribution in [3.8, 4) is 22.8 Å². The van der Waals surface area contributed by atoms with Gasteiger partial charge in [-0.3, -0.25) is 0 Å². The molecule has 0 bridgehead atoms. The number of aryl methyl sites for hydroxylation is 1. The molecule has 0 spiro atoms. The van der Waals surface area contributed by atoms with E-state index in [1.807, 2.05) is 0 Å². The molecule has 1 aromatic heterocycles. The number of nitrogens with one attached hydrogen (secondary N) is 1. The van der Waals surface area contributed by atoms with E-state index in [1.165, 1.54) is 20.3 Å². The third-order valence-electron chi connectivity index (χ3n) is 4.87. The van der Waals surface area contributed by atoms with Gasteiger partial charge < -0.3 is 20.2 Å². The number of rotatable bonds is 7. The lowest BCUT2D eigenvalue weighted by Crippen LogP contribution is -2.05. The predicted molar refractivity (Wildman–Crippen MR) is 109 cm³/mol. The number of unbranched alkanes of at least 4 members (excludes halogenated alkanes) is 1. The standard InChI is InChI=1S/C21H22ClF3N2O2/c1-28-15-7-5-8-16(29-2)18(15)19-12(6-3-4-11-26)17-14(22)10-9-13(20(17)27-19)21(23,24)25/h5,7-10,27H,3-4,6,11,26H2,1-2H3. The highest BCUT2D eigenvalue weighted by Gasteiger charge is 2.35. The summed E-state index contributed by atoms with van der Waals surface area (Å²) in [6, 6.07) is 7.51.